The van der Waals surface area contributed by atoms with E-state index in [1.165, 1.54) is 18.4 Å². The summed E-state index contributed by atoms with van der Waals surface area (Å²) < 4.78 is 0. The Morgan fingerprint density at radius 1 is 1.14 bits per heavy atom. The molecule has 0 aromatic heterocycles. The third-order valence-corrected chi connectivity index (χ3v) is 4.29. The van der Waals surface area contributed by atoms with Crippen molar-refractivity contribution < 1.29 is 4.79 Å². The van der Waals surface area contributed by atoms with Crippen LogP contribution in [0.2, 0.25) is 0 Å². The number of likely N-dealkylation sites (tertiary alicyclic amines) is 1. The van der Waals surface area contributed by atoms with E-state index >= 15 is 0 Å². The summed E-state index contributed by atoms with van der Waals surface area (Å²) in [6, 6.07) is 8.47. The molecule has 1 unspecified atom stereocenters. The van der Waals surface area contributed by atoms with Gasteiger partial charge in [-0.3, -0.25) is 4.79 Å². The minimum absolute atomic E-state index is 0.0796. The van der Waals surface area contributed by atoms with Crippen molar-refractivity contribution in [1.29, 1.82) is 0 Å². The van der Waals surface area contributed by atoms with Gasteiger partial charge >= 0.3 is 0 Å². The van der Waals surface area contributed by atoms with Crippen molar-refractivity contribution in [3.8, 4) is 0 Å². The molecule has 21 heavy (non-hydrogen) atoms. The predicted octanol–water partition coefficient (Wildman–Crippen LogP) is 3.43. The fourth-order valence-electron chi connectivity index (χ4n) is 2.97. The second-order valence-corrected chi connectivity index (χ2v) is 6.10. The van der Waals surface area contributed by atoms with Gasteiger partial charge in [0.25, 0.3) is 0 Å². The highest BCUT2D eigenvalue weighted by Gasteiger charge is 2.18. The molecule has 1 heterocycles. The van der Waals surface area contributed by atoms with Crippen LogP contribution in [-0.2, 0) is 11.2 Å². The highest BCUT2D eigenvalue weighted by Crippen LogP contribution is 2.17. The first kappa shape index (κ1) is 16.0. The zero-order valence-corrected chi connectivity index (χ0v) is 13.2. The summed E-state index contributed by atoms with van der Waals surface area (Å²) in [5.74, 6) is 0.271. The predicted molar refractivity (Wildman–Crippen MR) is 87.0 cm³/mol. The number of rotatable bonds is 5. The maximum absolute atomic E-state index is 12.1. The molecule has 1 aromatic carbocycles. The molecule has 1 atom stereocenters. The van der Waals surface area contributed by atoms with E-state index in [-0.39, 0.29) is 11.9 Å². The monoisotopic (exact) mass is 288 g/mol. The van der Waals surface area contributed by atoms with Crippen LogP contribution < -0.4 is 5.73 Å². The molecular formula is C18H28N2O. The van der Waals surface area contributed by atoms with Crippen LogP contribution in [0.5, 0.6) is 0 Å². The Morgan fingerprint density at radius 3 is 2.57 bits per heavy atom. The van der Waals surface area contributed by atoms with Gasteiger partial charge in [0.05, 0.1) is 0 Å². The molecule has 1 aliphatic rings. The Balaban J connectivity index is 1.95. The van der Waals surface area contributed by atoms with E-state index in [4.69, 9.17) is 5.73 Å². The molecule has 0 saturated carbocycles. The fourth-order valence-corrected chi connectivity index (χ4v) is 2.97. The van der Waals surface area contributed by atoms with Crippen molar-refractivity contribution >= 4 is 5.91 Å². The average Bonchev–Trinajstić information content (AvgIpc) is 2.48. The quantitative estimate of drug-likeness (QED) is 0.902. The molecule has 1 fully saturated rings. The van der Waals surface area contributed by atoms with Crippen molar-refractivity contribution in [2.24, 2.45) is 5.73 Å². The smallest absolute Gasteiger partial charge is 0.222 e. The van der Waals surface area contributed by atoms with E-state index in [1.54, 1.807) is 0 Å². The molecular weight excluding hydrogens is 260 g/mol. The van der Waals surface area contributed by atoms with Gasteiger partial charge in [-0.05, 0) is 30.4 Å². The number of hydrogen-bond acceptors (Lipinski definition) is 2. The van der Waals surface area contributed by atoms with E-state index in [0.717, 1.165) is 37.8 Å². The highest BCUT2D eigenvalue weighted by molar-refractivity contribution is 5.76. The summed E-state index contributed by atoms with van der Waals surface area (Å²) >= 11 is 0. The molecule has 0 bridgehead atoms. The number of nitrogens with two attached hydrogens (primary N) is 1. The first-order valence-electron chi connectivity index (χ1n) is 8.33. The molecule has 3 heteroatoms. The van der Waals surface area contributed by atoms with E-state index in [9.17, 15) is 4.79 Å². The van der Waals surface area contributed by atoms with Crippen molar-refractivity contribution in [2.75, 3.05) is 13.1 Å². The summed E-state index contributed by atoms with van der Waals surface area (Å²) in [5, 5.41) is 0. The average molecular weight is 288 g/mol. The van der Waals surface area contributed by atoms with Gasteiger partial charge in [-0.15, -0.1) is 0 Å². The standard InChI is InChI=1S/C18H28N2O/c1-2-7-15-9-11-16(12-10-15)17(19)14-20-13-6-4-3-5-8-18(20)21/h9-12,17H,2-8,13-14,19H2,1H3. The molecule has 0 spiro atoms. The van der Waals surface area contributed by atoms with Crippen molar-refractivity contribution in [1.82, 2.24) is 4.90 Å². The molecule has 1 saturated heterocycles. The van der Waals surface area contributed by atoms with Gasteiger partial charge in [0, 0.05) is 25.6 Å². The van der Waals surface area contributed by atoms with Crippen LogP contribution in [0.4, 0.5) is 0 Å². The lowest BCUT2D eigenvalue weighted by Crippen LogP contribution is -2.38. The van der Waals surface area contributed by atoms with E-state index in [0.29, 0.717) is 13.0 Å². The molecule has 0 aliphatic carbocycles. The van der Waals surface area contributed by atoms with Crippen molar-refractivity contribution in [3.05, 3.63) is 35.4 Å². The first-order chi connectivity index (χ1) is 10.2. The second-order valence-electron chi connectivity index (χ2n) is 6.10. The summed E-state index contributed by atoms with van der Waals surface area (Å²) in [5.41, 5.74) is 8.79. The Morgan fingerprint density at radius 2 is 1.86 bits per heavy atom. The minimum atomic E-state index is -0.0796. The Labute approximate surface area is 128 Å². The summed E-state index contributed by atoms with van der Waals surface area (Å²) in [6.07, 6.45) is 7.50. The largest absolute Gasteiger partial charge is 0.341 e. The van der Waals surface area contributed by atoms with Crippen LogP contribution in [0, 0.1) is 0 Å². The number of carbonyl (C=O) groups is 1. The number of aryl methyl sites for hydroxylation is 1. The van der Waals surface area contributed by atoms with E-state index in [2.05, 4.69) is 31.2 Å². The van der Waals surface area contributed by atoms with Gasteiger partial charge in [-0.1, -0.05) is 50.5 Å². The Kier molecular flexibility index (Phi) is 6.24. The summed E-state index contributed by atoms with van der Waals surface area (Å²) in [6.45, 7) is 3.69. The lowest BCUT2D eigenvalue weighted by Gasteiger charge is -2.27. The normalized spacial score (nSPS) is 18.2. The number of hydrogen-bond donors (Lipinski definition) is 1. The van der Waals surface area contributed by atoms with Crippen LogP contribution in [0.15, 0.2) is 24.3 Å². The molecule has 3 nitrogen and oxygen atoms in total. The summed E-state index contributed by atoms with van der Waals surface area (Å²) in [4.78, 5) is 14.1. The van der Waals surface area contributed by atoms with E-state index in [1.807, 2.05) is 4.90 Å². The number of amides is 1. The van der Waals surface area contributed by atoms with Crippen molar-refractivity contribution in [3.63, 3.8) is 0 Å². The first-order valence-corrected chi connectivity index (χ1v) is 8.33. The molecule has 2 rings (SSSR count). The SMILES string of the molecule is CCCc1ccc(C(N)CN2CCCCCCC2=O)cc1. The lowest BCUT2D eigenvalue weighted by molar-refractivity contribution is -0.132. The van der Waals surface area contributed by atoms with Gasteiger partial charge in [-0.2, -0.15) is 0 Å². The van der Waals surface area contributed by atoms with Crippen LogP contribution in [-0.4, -0.2) is 23.9 Å². The third-order valence-electron chi connectivity index (χ3n) is 4.29. The molecule has 1 aliphatic heterocycles. The fraction of sp³-hybridized carbons (Fsp3) is 0.611. The van der Waals surface area contributed by atoms with Gasteiger partial charge < -0.3 is 10.6 Å². The van der Waals surface area contributed by atoms with Gasteiger partial charge in [0.1, 0.15) is 0 Å². The number of carbonyl (C=O) groups excluding carboxylic acids is 1. The zero-order chi connectivity index (χ0) is 15.1. The maximum atomic E-state index is 12.1. The third kappa shape index (κ3) is 4.85. The Hall–Kier alpha value is -1.35. The molecule has 1 aromatic rings. The minimum Gasteiger partial charge on any atom is -0.341 e. The molecule has 2 N–H and O–H groups in total. The molecule has 116 valence electrons. The lowest BCUT2D eigenvalue weighted by atomic mass is 10.0. The maximum Gasteiger partial charge on any atom is 0.222 e. The van der Waals surface area contributed by atoms with Crippen LogP contribution in [0.1, 0.15) is 62.6 Å². The zero-order valence-electron chi connectivity index (χ0n) is 13.2. The van der Waals surface area contributed by atoms with Gasteiger partial charge in [0.2, 0.25) is 5.91 Å². The van der Waals surface area contributed by atoms with Gasteiger partial charge in [0.15, 0.2) is 0 Å². The summed E-state index contributed by atoms with van der Waals surface area (Å²) in [7, 11) is 0. The second kappa shape index (κ2) is 8.18. The molecule has 1 amide bonds. The Bertz CT molecular complexity index is 441. The highest BCUT2D eigenvalue weighted by atomic mass is 16.2. The van der Waals surface area contributed by atoms with Crippen molar-refractivity contribution in [2.45, 2.75) is 57.9 Å². The van der Waals surface area contributed by atoms with E-state index < -0.39 is 0 Å². The topological polar surface area (TPSA) is 46.3 Å². The van der Waals surface area contributed by atoms with Crippen LogP contribution in [0.25, 0.3) is 0 Å². The van der Waals surface area contributed by atoms with Crippen LogP contribution in [0.3, 0.4) is 0 Å². The van der Waals surface area contributed by atoms with Crippen LogP contribution >= 0.6 is 0 Å². The molecule has 0 radical (unpaired) electrons. The number of benzene rings is 1. The number of nitrogens with zero attached hydrogens (tertiary/aromatic N) is 1. The van der Waals surface area contributed by atoms with Gasteiger partial charge in [-0.25, -0.2) is 0 Å².